The van der Waals surface area contributed by atoms with Crippen molar-refractivity contribution in [3.63, 3.8) is 0 Å². The summed E-state index contributed by atoms with van der Waals surface area (Å²) in [5.74, 6) is -2.58. The van der Waals surface area contributed by atoms with Crippen molar-refractivity contribution in [2.75, 3.05) is 6.54 Å². The molecule has 1 amide bonds. The maximum Gasteiger partial charge on any atom is 0.326 e. The fourth-order valence-corrected chi connectivity index (χ4v) is 2.38. The number of carboxylic acids is 2. The van der Waals surface area contributed by atoms with Gasteiger partial charge >= 0.3 is 11.9 Å². The molecule has 0 aromatic rings. The first kappa shape index (κ1) is 16.4. The van der Waals surface area contributed by atoms with Crippen LogP contribution in [0.25, 0.3) is 0 Å². The SMILES string of the molecule is CC(C)(C)N[C@@H](CC(=O)O)C(=O)N1CCC[C@H]1C(=O)O. The van der Waals surface area contributed by atoms with Crippen molar-refractivity contribution in [1.82, 2.24) is 10.2 Å². The molecule has 1 fully saturated rings. The van der Waals surface area contributed by atoms with Crippen LogP contribution in [-0.2, 0) is 14.4 Å². The number of nitrogens with one attached hydrogen (secondary N) is 1. The van der Waals surface area contributed by atoms with Gasteiger partial charge in [0, 0.05) is 12.1 Å². The number of hydrogen-bond donors (Lipinski definition) is 3. The first-order valence-corrected chi connectivity index (χ1v) is 6.64. The topological polar surface area (TPSA) is 107 Å². The van der Waals surface area contributed by atoms with E-state index in [1.54, 1.807) is 0 Å². The van der Waals surface area contributed by atoms with Gasteiger partial charge in [0.05, 0.1) is 12.5 Å². The molecule has 7 nitrogen and oxygen atoms in total. The Kier molecular flexibility index (Phi) is 5.10. The largest absolute Gasteiger partial charge is 0.481 e. The minimum atomic E-state index is -1.09. The summed E-state index contributed by atoms with van der Waals surface area (Å²) < 4.78 is 0. The van der Waals surface area contributed by atoms with Crippen LogP contribution in [-0.4, -0.2) is 57.1 Å². The molecule has 1 rings (SSSR count). The molecule has 0 aliphatic carbocycles. The standard InChI is InChI=1S/C13H22N2O5/c1-13(2,3)14-8(7-10(16)17)11(18)15-6-4-5-9(15)12(19)20/h8-9,14H,4-7H2,1-3H3,(H,16,17)(H,19,20)/t8-,9-/m0/s1. The first-order chi connectivity index (χ1) is 9.11. The second-order valence-corrected chi connectivity index (χ2v) is 6.07. The molecule has 7 heteroatoms. The molecule has 0 saturated carbocycles. The quantitative estimate of drug-likeness (QED) is 0.670. The zero-order valence-corrected chi connectivity index (χ0v) is 12.0. The van der Waals surface area contributed by atoms with E-state index in [-0.39, 0.29) is 6.42 Å². The van der Waals surface area contributed by atoms with Crippen molar-refractivity contribution >= 4 is 17.8 Å². The van der Waals surface area contributed by atoms with Crippen LogP contribution in [0.1, 0.15) is 40.0 Å². The molecule has 0 aromatic heterocycles. The molecule has 0 aromatic carbocycles. The molecule has 1 heterocycles. The molecule has 0 radical (unpaired) electrons. The Morgan fingerprint density at radius 1 is 1.30 bits per heavy atom. The van der Waals surface area contributed by atoms with Gasteiger partial charge < -0.3 is 20.4 Å². The molecule has 3 N–H and O–H groups in total. The minimum Gasteiger partial charge on any atom is -0.481 e. The normalized spacial score (nSPS) is 20.8. The second kappa shape index (κ2) is 6.21. The Balaban J connectivity index is 2.86. The lowest BCUT2D eigenvalue weighted by molar-refractivity contribution is -0.150. The van der Waals surface area contributed by atoms with Gasteiger partial charge in [-0.15, -0.1) is 0 Å². The molecule has 2 atom stereocenters. The lowest BCUT2D eigenvalue weighted by atomic mass is 10.0. The summed E-state index contributed by atoms with van der Waals surface area (Å²) in [7, 11) is 0. The van der Waals surface area contributed by atoms with Gasteiger partial charge in [0.25, 0.3) is 0 Å². The first-order valence-electron chi connectivity index (χ1n) is 6.64. The van der Waals surface area contributed by atoms with Gasteiger partial charge in [0.2, 0.25) is 5.91 Å². The highest BCUT2D eigenvalue weighted by Gasteiger charge is 2.38. The Bertz CT molecular complexity index is 402. The Morgan fingerprint density at radius 2 is 1.90 bits per heavy atom. The van der Waals surface area contributed by atoms with Crippen LogP contribution < -0.4 is 5.32 Å². The molecule has 1 aliphatic heterocycles. The molecular weight excluding hydrogens is 264 g/mol. The number of carbonyl (C=O) groups excluding carboxylic acids is 1. The van der Waals surface area contributed by atoms with E-state index in [1.807, 2.05) is 20.8 Å². The van der Waals surface area contributed by atoms with Crippen molar-refractivity contribution in [3.05, 3.63) is 0 Å². The fourth-order valence-electron chi connectivity index (χ4n) is 2.38. The summed E-state index contributed by atoms with van der Waals surface area (Å²) in [6.07, 6.45) is 0.674. The van der Waals surface area contributed by atoms with E-state index in [9.17, 15) is 14.4 Å². The van der Waals surface area contributed by atoms with E-state index < -0.39 is 35.5 Å². The molecule has 1 aliphatic rings. The van der Waals surface area contributed by atoms with Gasteiger partial charge in [-0.25, -0.2) is 4.79 Å². The Hall–Kier alpha value is -1.63. The molecule has 1 saturated heterocycles. The lowest BCUT2D eigenvalue weighted by Gasteiger charge is -2.31. The number of carbonyl (C=O) groups is 3. The summed E-state index contributed by atoms with van der Waals surface area (Å²) in [5.41, 5.74) is -0.436. The summed E-state index contributed by atoms with van der Waals surface area (Å²) in [6, 6.07) is -1.76. The number of aliphatic carboxylic acids is 2. The van der Waals surface area contributed by atoms with Crippen molar-refractivity contribution < 1.29 is 24.6 Å². The monoisotopic (exact) mass is 286 g/mol. The molecule has 20 heavy (non-hydrogen) atoms. The number of hydrogen-bond acceptors (Lipinski definition) is 4. The Morgan fingerprint density at radius 3 is 2.35 bits per heavy atom. The fraction of sp³-hybridized carbons (Fsp3) is 0.769. The zero-order chi connectivity index (χ0) is 15.5. The number of likely N-dealkylation sites (tertiary alicyclic amines) is 1. The van der Waals surface area contributed by atoms with Crippen LogP contribution >= 0.6 is 0 Å². The molecule has 114 valence electrons. The zero-order valence-electron chi connectivity index (χ0n) is 12.0. The molecular formula is C13H22N2O5. The van der Waals surface area contributed by atoms with E-state index in [2.05, 4.69) is 5.32 Å². The average Bonchev–Trinajstić information content (AvgIpc) is 2.73. The van der Waals surface area contributed by atoms with Gasteiger partial charge in [-0.2, -0.15) is 0 Å². The Labute approximate surface area is 117 Å². The maximum atomic E-state index is 12.4. The number of carboxylic acid groups (broad SMARTS) is 2. The highest BCUT2D eigenvalue weighted by molar-refractivity contribution is 5.90. The van der Waals surface area contributed by atoms with Crippen molar-refractivity contribution in [1.29, 1.82) is 0 Å². The maximum absolute atomic E-state index is 12.4. The van der Waals surface area contributed by atoms with Gasteiger partial charge in [0.15, 0.2) is 0 Å². The van der Waals surface area contributed by atoms with E-state index in [0.29, 0.717) is 19.4 Å². The summed E-state index contributed by atoms with van der Waals surface area (Å²) >= 11 is 0. The van der Waals surface area contributed by atoms with Gasteiger partial charge in [0.1, 0.15) is 6.04 Å². The van der Waals surface area contributed by atoms with Crippen LogP contribution in [0, 0.1) is 0 Å². The summed E-state index contributed by atoms with van der Waals surface area (Å²) in [4.78, 5) is 35.7. The highest BCUT2D eigenvalue weighted by Crippen LogP contribution is 2.20. The van der Waals surface area contributed by atoms with Gasteiger partial charge in [-0.3, -0.25) is 9.59 Å². The van der Waals surface area contributed by atoms with Crippen LogP contribution in [0.4, 0.5) is 0 Å². The van der Waals surface area contributed by atoms with Crippen LogP contribution in [0.2, 0.25) is 0 Å². The predicted octanol–water partition coefficient (Wildman–Crippen LogP) is 0.293. The third kappa shape index (κ3) is 4.48. The van der Waals surface area contributed by atoms with E-state index in [4.69, 9.17) is 10.2 Å². The van der Waals surface area contributed by atoms with Gasteiger partial charge in [-0.1, -0.05) is 0 Å². The van der Waals surface area contributed by atoms with Crippen LogP contribution in [0.3, 0.4) is 0 Å². The van der Waals surface area contributed by atoms with Crippen LogP contribution in [0.5, 0.6) is 0 Å². The number of nitrogens with zero attached hydrogens (tertiary/aromatic N) is 1. The van der Waals surface area contributed by atoms with Crippen molar-refractivity contribution in [2.45, 2.75) is 57.7 Å². The third-order valence-corrected chi connectivity index (χ3v) is 3.11. The summed E-state index contributed by atoms with van der Waals surface area (Å²) in [5, 5.41) is 21.0. The van der Waals surface area contributed by atoms with Crippen molar-refractivity contribution in [2.24, 2.45) is 0 Å². The number of amides is 1. The van der Waals surface area contributed by atoms with Crippen molar-refractivity contribution in [3.8, 4) is 0 Å². The minimum absolute atomic E-state index is 0.359. The van der Waals surface area contributed by atoms with E-state index in [0.717, 1.165) is 0 Å². The van der Waals surface area contributed by atoms with Crippen LogP contribution in [0.15, 0.2) is 0 Å². The van der Waals surface area contributed by atoms with E-state index in [1.165, 1.54) is 4.90 Å². The highest BCUT2D eigenvalue weighted by atomic mass is 16.4. The van der Waals surface area contributed by atoms with E-state index >= 15 is 0 Å². The van der Waals surface area contributed by atoms with Gasteiger partial charge in [-0.05, 0) is 33.6 Å². The second-order valence-electron chi connectivity index (χ2n) is 6.07. The average molecular weight is 286 g/mol. The predicted molar refractivity (Wildman–Crippen MR) is 71.3 cm³/mol. The third-order valence-electron chi connectivity index (χ3n) is 3.11. The number of rotatable bonds is 5. The lowest BCUT2D eigenvalue weighted by Crippen LogP contribution is -2.55. The summed E-state index contributed by atoms with van der Waals surface area (Å²) in [6.45, 7) is 5.84. The smallest absolute Gasteiger partial charge is 0.326 e. The molecule has 0 bridgehead atoms. The molecule has 0 spiro atoms. The molecule has 0 unspecified atom stereocenters.